The van der Waals surface area contributed by atoms with Crippen LogP contribution in [0.5, 0.6) is 5.75 Å². The summed E-state index contributed by atoms with van der Waals surface area (Å²) < 4.78 is 43.4. The number of hydrogen-bond donors (Lipinski definition) is 0. The number of piperidine rings is 1. The lowest BCUT2D eigenvalue weighted by molar-refractivity contribution is -0.0938. The summed E-state index contributed by atoms with van der Waals surface area (Å²) in [5, 5.41) is 0. The lowest BCUT2D eigenvalue weighted by Crippen LogP contribution is -2.41. The second-order valence-corrected chi connectivity index (χ2v) is 7.92. The van der Waals surface area contributed by atoms with Crippen molar-refractivity contribution in [3.8, 4) is 5.75 Å². The Bertz CT molecular complexity index is 646. The predicted octanol–water partition coefficient (Wildman–Crippen LogP) is 1.78. The third-order valence-electron chi connectivity index (χ3n) is 4.54. The van der Waals surface area contributed by atoms with E-state index < -0.39 is 10.0 Å². The molecule has 3 rings (SSSR count). The van der Waals surface area contributed by atoms with Crippen molar-refractivity contribution in [3.63, 3.8) is 0 Å². The molecule has 23 heavy (non-hydrogen) atoms. The molecule has 0 saturated carbocycles. The largest absolute Gasteiger partial charge is 0.496 e. The van der Waals surface area contributed by atoms with Crippen molar-refractivity contribution in [3.05, 3.63) is 23.8 Å². The molecule has 7 heteroatoms. The van der Waals surface area contributed by atoms with Crippen molar-refractivity contribution < 1.29 is 22.6 Å². The lowest BCUT2D eigenvalue weighted by Gasteiger charge is -2.33. The van der Waals surface area contributed by atoms with Gasteiger partial charge in [0.15, 0.2) is 6.29 Å². The zero-order valence-electron chi connectivity index (χ0n) is 13.5. The summed E-state index contributed by atoms with van der Waals surface area (Å²) in [6, 6.07) is 4.98. The van der Waals surface area contributed by atoms with Gasteiger partial charge in [0.05, 0.1) is 25.2 Å². The first kappa shape index (κ1) is 16.7. The molecule has 0 atom stereocenters. The van der Waals surface area contributed by atoms with Gasteiger partial charge in [0.1, 0.15) is 5.75 Å². The number of nitrogens with zero attached hydrogens (tertiary/aromatic N) is 1. The van der Waals surface area contributed by atoms with E-state index in [1.54, 1.807) is 29.6 Å². The molecule has 6 nitrogen and oxygen atoms in total. The van der Waals surface area contributed by atoms with E-state index in [0.717, 1.165) is 18.4 Å². The van der Waals surface area contributed by atoms with Gasteiger partial charge in [-0.2, -0.15) is 4.31 Å². The van der Waals surface area contributed by atoms with E-state index in [1.807, 2.05) is 6.92 Å². The Morgan fingerprint density at radius 3 is 2.39 bits per heavy atom. The van der Waals surface area contributed by atoms with Crippen LogP contribution in [-0.2, 0) is 19.5 Å². The summed E-state index contributed by atoms with van der Waals surface area (Å²) in [7, 11) is -1.88. The minimum atomic E-state index is -3.46. The first-order chi connectivity index (χ1) is 11.0. The van der Waals surface area contributed by atoms with Crippen LogP contribution in [0.15, 0.2) is 23.1 Å². The van der Waals surface area contributed by atoms with E-state index in [1.165, 1.54) is 0 Å². The molecular weight excluding hydrogens is 318 g/mol. The van der Waals surface area contributed by atoms with Crippen molar-refractivity contribution in [2.75, 3.05) is 33.4 Å². The van der Waals surface area contributed by atoms with Crippen LogP contribution < -0.4 is 4.74 Å². The Kier molecular flexibility index (Phi) is 4.91. The van der Waals surface area contributed by atoms with Gasteiger partial charge < -0.3 is 14.2 Å². The molecule has 0 bridgehead atoms. The highest BCUT2D eigenvalue weighted by molar-refractivity contribution is 7.89. The Labute approximate surface area is 137 Å². The maximum absolute atomic E-state index is 12.8. The highest BCUT2D eigenvalue weighted by atomic mass is 32.2. The fourth-order valence-corrected chi connectivity index (χ4v) is 4.75. The molecule has 0 radical (unpaired) electrons. The normalized spacial score (nSPS) is 21.7. The number of hydrogen-bond acceptors (Lipinski definition) is 5. The minimum Gasteiger partial charge on any atom is -0.496 e. The first-order valence-electron chi connectivity index (χ1n) is 7.90. The zero-order valence-corrected chi connectivity index (χ0v) is 14.3. The molecule has 1 aromatic rings. The number of rotatable bonds is 4. The zero-order chi connectivity index (χ0) is 16.4. The SMILES string of the molecule is COc1ccc(S(=O)(=O)N2CCC(C3OCCO3)CC2)cc1C. The first-order valence-corrected chi connectivity index (χ1v) is 9.34. The molecule has 128 valence electrons. The second-order valence-electron chi connectivity index (χ2n) is 5.98. The molecule has 0 unspecified atom stereocenters. The highest BCUT2D eigenvalue weighted by Gasteiger charge is 2.34. The average molecular weight is 341 g/mol. The van der Waals surface area contributed by atoms with Crippen molar-refractivity contribution in [2.24, 2.45) is 5.92 Å². The molecule has 2 saturated heterocycles. The molecule has 2 heterocycles. The van der Waals surface area contributed by atoms with Crippen LogP contribution in [0.1, 0.15) is 18.4 Å². The Balaban J connectivity index is 1.70. The third kappa shape index (κ3) is 3.38. The van der Waals surface area contributed by atoms with Crippen LogP contribution >= 0.6 is 0 Å². The molecule has 0 aliphatic carbocycles. The Morgan fingerprint density at radius 1 is 1.17 bits per heavy atom. The summed E-state index contributed by atoms with van der Waals surface area (Å²) in [5.41, 5.74) is 0.816. The fraction of sp³-hybridized carbons (Fsp3) is 0.625. The molecule has 0 aromatic heterocycles. The van der Waals surface area contributed by atoms with Crippen molar-refractivity contribution in [1.82, 2.24) is 4.31 Å². The van der Waals surface area contributed by atoms with Crippen LogP contribution in [0.4, 0.5) is 0 Å². The van der Waals surface area contributed by atoms with Gasteiger partial charge in [0.2, 0.25) is 10.0 Å². The van der Waals surface area contributed by atoms with Gasteiger partial charge in [0, 0.05) is 19.0 Å². The number of sulfonamides is 1. The molecule has 2 aliphatic rings. The van der Waals surface area contributed by atoms with Crippen LogP contribution in [0, 0.1) is 12.8 Å². The summed E-state index contributed by atoms with van der Waals surface area (Å²) in [6.45, 7) is 4.12. The van der Waals surface area contributed by atoms with E-state index in [-0.39, 0.29) is 12.2 Å². The number of aryl methyl sites for hydroxylation is 1. The monoisotopic (exact) mass is 341 g/mol. The van der Waals surface area contributed by atoms with Crippen LogP contribution in [-0.4, -0.2) is 52.4 Å². The van der Waals surface area contributed by atoms with Gasteiger partial charge in [-0.25, -0.2) is 8.42 Å². The van der Waals surface area contributed by atoms with Gasteiger partial charge in [-0.05, 0) is 43.5 Å². The van der Waals surface area contributed by atoms with Gasteiger partial charge in [-0.3, -0.25) is 0 Å². The molecular formula is C16H23NO5S. The summed E-state index contributed by atoms with van der Waals surface area (Å²) >= 11 is 0. The number of methoxy groups -OCH3 is 1. The Morgan fingerprint density at radius 2 is 1.83 bits per heavy atom. The van der Waals surface area contributed by atoms with Crippen molar-refractivity contribution in [2.45, 2.75) is 31.0 Å². The summed E-state index contributed by atoms with van der Waals surface area (Å²) in [5.74, 6) is 0.972. The fourth-order valence-electron chi connectivity index (χ4n) is 3.20. The molecule has 2 aliphatic heterocycles. The molecule has 0 spiro atoms. The van der Waals surface area contributed by atoms with Gasteiger partial charge in [-0.1, -0.05) is 0 Å². The maximum atomic E-state index is 12.8. The molecule has 2 fully saturated rings. The molecule has 0 N–H and O–H groups in total. The predicted molar refractivity (Wildman–Crippen MR) is 84.9 cm³/mol. The average Bonchev–Trinajstić information content (AvgIpc) is 3.09. The quantitative estimate of drug-likeness (QED) is 0.835. The molecule has 0 amide bonds. The molecule has 1 aromatic carbocycles. The maximum Gasteiger partial charge on any atom is 0.243 e. The van der Waals surface area contributed by atoms with E-state index in [4.69, 9.17) is 14.2 Å². The van der Waals surface area contributed by atoms with Gasteiger partial charge >= 0.3 is 0 Å². The number of ether oxygens (including phenoxy) is 3. The smallest absolute Gasteiger partial charge is 0.243 e. The van der Waals surface area contributed by atoms with E-state index in [0.29, 0.717) is 36.9 Å². The number of benzene rings is 1. The second kappa shape index (κ2) is 6.76. The van der Waals surface area contributed by atoms with Crippen LogP contribution in [0.2, 0.25) is 0 Å². The van der Waals surface area contributed by atoms with Gasteiger partial charge in [0.25, 0.3) is 0 Å². The van der Waals surface area contributed by atoms with Crippen molar-refractivity contribution in [1.29, 1.82) is 0 Å². The summed E-state index contributed by atoms with van der Waals surface area (Å²) in [4.78, 5) is 0.322. The summed E-state index contributed by atoms with van der Waals surface area (Å²) in [6.07, 6.45) is 1.36. The van der Waals surface area contributed by atoms with Gasteiger partial charge in [-0.15, -0.1) is 0 Å². The Hall–Kier alpha value is -1.15. The van der Waals surface area contributed by atoms with E-state index in [2.05, 4.69) is 0 Å². The topological polar surface area (TPSA) is 65.1 Å². The third-order valence-corrected chi connectivity index (χ3v) is 6.43. The van der Waals surface area contributed by atoms with Crippen molar-refractivity contribution >= 4 is 10.0 Å². The standard InChI is InChI=1S/C16H23NO5S/c1-12-11-14(3-4-15(12)20-2)23(18,19)17-7-5-13(6-8-17)16-21-9-10-22-16/h3-4,11,13,16H,5-10H2,1-2H3. The van der Waals surface area contributed by atoms with Crippen LogP contribution in [0.3, 0.4) is 0 Å². The van der Waals surface area contributed by atoms with E-state index >= 15 is 0 Å². The van der Waals surface area contributed by atoms with E-state index in [9.17, 15) is 8.42 Å². The minimum absolute atomic E-state index is 0.164. The lowest BCUT2D eigenvalue weighted by atomic mass is 9.98. The highest BCUT2D eigenvalue weighted by Crippen LogP contribution is 2.30. The van der Waals surface area contributed by atoms with Crippen LogP contribution in [0.25, 0.3) is 0 Å².